The number of nitrogens with zero attached hydrogens (tertiary/aromatic N) is 3. The van der Waals surface area contributed by atoms with E-state index in [0.29, 0.717) is 11.1 Å². The minimum Gasteiger partial charge on any atom is -0.489 e. The number of amides is 1. The zero-order valence-electron chi connectivity index (χ0n) is 17.8. The Kier molecular flexibility index (Phi) is 5.91. The van der Waals surface area contributed by atoms with Crippen LogP contribution in [0.3, 0.4) is 0 Å². The number of ether oxygens (including phenoxy) is 1. The summed E-state index contributed by atoms with van der Waals surface area (Å²) < 4.78 is 19.2. The summed E-state index contributed by atoms with van der Waals surface area (Å²) in [5.74, 6) is 0.114. The van der Waals surface area contributed by atoms with Crippen LogP contribution in [0.1, 0.15) is 23.2 Å². The SMILES string of the molecule is O=C(Nc1ncc2ccc(-c3cncc(OC4CCNCC4)c3)cc2n1)c1ccc(F)cc1. The number of fused-ring (bicyclic) bond motifs is 1. The summed E-state index contributed by atoms with van der Waals surface area (Å²) in [4.78, 5) is 25.5. The van der Waals surface area contributed by atoms with Crippen LogP contribution in [0, 0.1) is 5.82 Å². The number of halogens is 1. The van der Waals surface area contributed by atoms with Gasteiger partial charge in [-0.3, -0.25) is 15.1 Å². The normalized spacial score (nSPS) is 14.2. The Bertz CT molecular complexity index is 1290. The van der Waals surface area contributed by atoms with Gasteiger partial charge in [-0.05, 0) is 67.9 Å². The quantitative estimate of drug-likeness (QED) is 0.480. The molecule has 0 radical (unpaired) electrons. The van der Waals surface area contributed by atoms with Gasteiger partial charge in [0.1, 0.15) is 17.7 Å². The summed E-state index contributed by atoms with van der Waals surface area (Å²) in [6, 6.07) is 13.1. The number of hydrogen-bond acceptors (Lipinski definition) is 6. The van der Waals surface area contributed by atoms with Crippen LogP contribution in [0.15, 0.2) is 67.1 Å². The van der Waals surface area contributed by atoms with E-state index >= 15 is 0 Å². The predicted octanol–water partition coefficient (Wildman–Crippen LogP) is 4.21. The second-order valence-electron chi connectivity index (χ2n) is 7.90. The number of carbonyl (C=O) groups excluding carboxylic acids is 1. The number of rotatable bonds is 5. The maximum atomic E-state index is 13.1. The van der Waals surface area contributed by atoms with Gasteiger partial charge in [0.25, 0.3) is 5.91 Å². The minimum absolute atomic E-state index is 0.176. The molecule has 1 fully saturated rings. The van der Waals surface area contributed by atoms with E-state index in [0.717, 1.165) is 48.2 Å². The van der Waals surface area contributed by atoms with Crippen LogP contribution in [-0.2, 0) is 0 Å². The van der Waals surface area contributed by atoms with Gasteiger partial charge in [-0.1, -0.05) is 12.1 Å². The van der Waals surface area contributed by atoms with E-state index in [1.165, 1.54) is 24.3 Å². The van der Waals surface area contributed by atoms with Crippen LogP contribution < -0.4 is 15.4 Å². The van der Waals surface area contributed by atoms with E-state index in [1.54, 1.807) is 18.6 Å². The molecule has 2 aromatic carbocycles. The first-order valence-corrected chi connectivity index (χ1v) is 10.8. The zero-order chi connectivity index (χ0) is 22.6. The standard InChI is InChI=1S/C25H22FN5O2/c26-20-5-3-16(4-6-20)24(32)31-25-29-14-18-2-1-17(12-23(18)30-25)19-11-22(15-28-13-19)33-21-7-9-27-10-8-21/h1-6,11-15,21,27H,7-10H2,(H,29,30,31,32). The number of carbonyl (C=O) groups is 1. The molecule has 1 aliphatic rings. The van der Waals surface area contributed by atoms with E-state index in [2.05, 4.69) is 25.6 Å². The monoisotopic (exact) mass is 443 g/mol. The minimum atomic E-state index is -0.405. The third-order valence-corrected chi connectivity index (χ3v) is 5.55. The number of benzene rings is 2. The maximum absolute atomic E-state index is 13.1. The third kappa shape index (κ3) is 4.96. The van der Waals surface area contributed by atoms with Crippen LogP contribution >= 0.6 is 0 Å². The molecule has 33 heavy (non-hydrogen) atoms. The molecule has 2 N–H and O–H groups in total. The van der Waals surface area contributed by atoms with Crippen LogP contribution in [0.5, 0.6) is 5.75 Å². The highest BCUT2D eigenvalue weighted by molar-refractivity contribution is 6.03. The van der Waals surface area contributed by atoms with Gasteiger partial charge < -0.3 is 10.1 Å². The molecule has 3 heterocycles. The summed E-state index contributed by atoms with van der Waals surface area (Å²) >= 11 is 0. The Hall–Kier alpha value is -3.91. The molecule has 166 valence electrons. The molecule has 0 atom stereocenters. The van der Waals surface area contributed by atoms with E-state index in [9.17, 15) is 9.18 Å². The number of piperidine rings is 1. The number of nitrogens with one attached hydrogen (secondary N) is 2. The Morgan fingerprint density at radius 2 is 1.82 bits per heavy atom. The van der Waals surface area contributed by atoms with Gasteiger partial charge in [0.15, 0.2) is 0 Å². The van der Waals surface area contributed by atoms with Crippen molar-refractivity contribution in [3.8, 4) is 16.9 Å². The van der Waals surface area contributed by atoms with E-state index in [1.807, 2.05) is 24.3 Å². The van der Waals surface area contributed by atoms with Crippen molar-refractivity contribution >= 4 is 22.8 Å². The molecule has 1 saturated heterocycles. The van der Waals surface area contributed by atoms with Gasteiger partial charge in [0.2, 0.25) is 5.95 Å². The maximum Gasteiger partial charge on any atom is 0.258 e. The molecule has 2 aromatic heterocycles. The molecule has 0 bridgehead atoms. The van der Waals surface area contributed by atoms with Crippen LogP contribution in [0.2, 0.25) is 0 Å². The summed E-state index contributed by atoms with van der Waals surface area (Å²) in [6.45, 7) is 1.92. The Labute approximate surface area is 190 Å². The van der Waals surface area contributed by atoms with Crippen molar-refractivity contribution in [2.24, 2.45) is 0 Å². The fourth-order valence-electron chi connectivity index (χ4n) is 3.78. The molecular weight excluding hydrogens is 421 g/mol. The fourth-order valence-corrected chi connectivity index (χ4v) is 3.78. The smallest absolute Gasteiger partial charge is 0.258 e. The molecule has 7 nitrogen and oxygen atoms in total. The molecule has 1 amide bonds. The van der Waals surface area contributed by atoms with Crippen molar-refractivity contribution < 1.29 is 13.9 Å². The molecule has 4 aromatic rings. The highest BCUT2D eigenvalue weighted by atomic mass is 19.1. The summed E-state index contributed by atoms with van der Waals surface area (Å²) in [6.07, 6.45) is 7.32. The number of aromatic nitrogens is 3. The van der Waals surface area contributed by atoms with Gasteiger partial charge in [-0.25, -0.2) is 14.4 Å². The fraction of sp³-hybridized carbons (Fsp3) is 0.200. The topological polar surface area (TPSA) is 89.0 Å². The molecule has 8 heteroatoms. The first-order chi connectivity index (χ1) is 16.1. The average molecular weight is 443 g/mol. The number of pyridine rings is 1. The van der Waals surface area contributed by atoms with Crippen molar-refractivity contribution in [2.45, 2.75) is 18.9 Å². The molecule has 0 spiro atoms. The van der Waals surface area contributed by atoms with Gasteiger partial charge in [0.05, 0.1) is 11.7 Å². The Morgan fingerprint density at radius 3 is 2.64 bits per heavy atom. The van der Waals surface area contributed by atoms with E-state index in [-0.39, 0.29) is 12.1 Å². The Balaban J connectivity index is 1.37. The largest absolute Gasteiger partial charge is 0.489 e. The molecule has 0 saturated carbocycles. The third-order valence-electron chi connectivity index (χ3n) is 5.55. The van der Waals surface area contributed by atoms with Crippen molar-refractivity contribution in [2.75, 3.05) is 18.4 Å². The highest BCUT2D eigenvalue weighted by Gasteiger charge is 2.15. The lowest BCUT2D eigenvalue weighted by Crippen LogP contribution is -2.34. The van der Waals surface area contributed by atoms with Gasteiger partial charge >= 0.3 is 0 Å². The lowest BCUT2D eigenvalue weighted by atomic mass is 10.1. The van der Waals surface area contributed by atoms with Crippen LogP contribution in [-0.4, -0.2) is 40.1 Å². The van der Waals surface area contributed by atoms with Crippen molar-refractivity contribution in [1.82, 2.24) is 20.3 Å². The highest BCUT2D eigenvalue weighted by Crippen LogP contribution is 2.27. The van der Waals surface area contributed by atoms with Crippen molar-refractivity contribution in [1.29, 1.82) is 0 Å². The number of anilines is 1. The predicted molar refractivity (Wildman–Crippen MR) is 124 cm³/mol. The summed E-state index contributed by atoms with van der Waals surface area (Å²) in [7, 11) is 0. The first-order valence-electron chi connectivity index (χ1n) is 10.8. The van der Waals surface area contributed by atoms with Crippen molar-refractivity contribution in [3.63, 3.8) is 0 Å². The second kappa shape index (κ2) is 9.30. The zero-order valence-corrected chi connectivity index (χ0v) is 17.8. The molecule has 0 aliphatic carbocycles. The summed E-state index contributed by atoms with van der Waals surface area (Å²) in [5.41, 5.74) is 2.85. The molecule has 1 aliphatic heterocycles. The molecular formula is C25H22FN5O2. The molecule has 0 unspecified atom stereocenters. The van der Waals surface area contributed by atoms with Crippen molar-refractivity contribution in [3.05, 3.63) is 78.5 Å². The average Bonchev–Trinajstić information content (AvgIpc) is 2.85. The van der Waals surface area contributed by atoms with Crippen LogP contribution in [0.4, 0.5) is 10.3 Å². The number of hydrogen-bond donors (Lipinski definition) is 2. The van der Waals surface area contributed by atoms with Gasteiger partial charge in [-0.2, -0.15) is 0 Å². The lowest BCUT2D eigenvalue weighted by Gasteiger charge is -2.23. The van der Waals surface area contributed by atoms with Crippen LogP contribution in [0.25, 0.3) is 22.0 Å². The second-order valence-corrected chi connectivity index (χ2v) is 7.90. The Morgan fingerprint density at radius 1 is 1.00 bits per heavy atom. The van der Waals surface area contributed by atoms with Gasteiger partial charge in [0, 0.05) is 28.9 Å². The first kappa shape index (κ1) is 21.0. The van der Waals surface area contributed by atoms with E-state index in [4.69, 9.17) is 4.74 Å². The lowest BCUT2D eigenvalue weighted by molar-refractivity contribution is 0.102. The summed E-state index contributed by atoms with van der Waals surface area (Å²) in [5, 5.41) is 6.84. The van der Waals surface area contributed by atoms with E-state index < -0.39 is 11.7 Å². The van der Waals surface area contributed by atoms with Gasteiger partial charge in [-0.15, -0.1) is 0 Å². The molecule has 5 rings (SSSR count).